The van der Waals surface area contributed by atoms with Crippen LogP contribution in [0.4, 0.5) is 5.82 Å². The molecule has 6 heteroatoms. The molecular weight excluding hydrogens is 474 g/mol. The summed E-state index contributed by atoms with van der Waals surface area (Å²) >= 11 is 1.94. The van der Waals surface area contributed by atoms with Crippen LogP contribution in [-0.4, -0.2) is 72.1 Å². The molecule has 0 radical (unpaired) electrons. The zero-order valence-electron chi connectivity index (χ0n) is 22.2. The van der Waals surface area contributed by atoms with Gasteiger partial charge in [0.15, 0.2) is 0 Å². The Labute approximate surface area is 226 Å². The summed E-state index contributed by atoms with van der Waals surface area (Å²) in [5, 5.41) is 1.36. The highest BCUT2D eigenvalue weighted by molar-refractivity contribution is 7.19. The van der Waals surface area contributed by atoms with Crippen molar-refractivity contribution in [1.82, 2.24) is 19.8 Å². The fourth-order valence-electron chi connectivity index (χ4n) is 5.69. The van der Waals surface area contributed by atoms with Crippen molar-refractivity contribution in [3.05, 3.63) is 77.5 Å². The second-order valence-corrected chi connectivity index (χ2v) is 11.4. The second-order valence-electron chi connectivity index (χ2n) is 10.4. The van der Waals surface area contributed by atoms with Gasteiger partial charge in [-0.2, -0.15) is 0 Å². The van der Waals surface area contributed by atoms with Crippen molar-refractivity contribution in [2.24, 2.45) is 0 Å². The molecule has 1 aromatic carbocycles. The monoisotopic (exact) mass is 515 g/mol. The number of aryl methyl sites for hydroxylation is 4. The van der Waals surface area contributed by atoms with E-state index in [1.54, 1.807) is 10.4 Å². The van der Waals surface area contributed by atoms with E-state index >= 15 is 0 Å². The maximum Gasteiger partial charge on any atom is 0.141 e. The normalized spacial score (nSPS) is 16.6. The summed E-state index contributed by atoms with van der Waals surface area (Å²) in [6.07, 6.45) is 12.1. The van der Waals surface area contributed by atoms with Gasteiger partial charge in [-0.05, 0) is 43.2 Å². The van der Waals surface area contributed by atoms with Gasteiger partial charge in [0, 0.05) is 63.7 Å². The number of anilines is 1. The molecule has 3 heterocycles. The fourth-order valence-corrected chi connectivity index (χ4v) is 6.96. The molecule has 0 N–H and O–H groups in total. The third-order valence-electron chi connectivity index (χ3n) is 7.75. The van der Waals surface area contributed by atoms with E-state index in [1.807, 2.05) is 23.5 Å². The van der Waals surface area contributed by atoms with E-state index in [4.69, 9.17) is 9.97 Å². The lowest BCUT2D eigenvalue weighted by Gasteiger charge is -2.36. The molecule has 1 aliphatic carbocycles. The number of hydrogen-bond acceptors (Lipinski definition) is 6. The Morgan fingerprint density at radius 3 is 2.41 bits per heavy atom. The number of fused-ring (bicyclic) bond motifs is 3. The summed E-state index contributed by atoms with van der Waals surface area (Å²) in [7, 11) is 0. The highest BCUT2D eigenvalue weighted by Crippen LogP contribution is 2.39. The van der Waals surface area contributed by atoms with Crippen molar-refractivity contribution in [3.63, 3.8) is 0 Å². The van der Waals surface area contributed by atoms with E-state index in [1.165, 1.54) is 53.7 Å². The molecule has 0 atom stereocenters. The lowest BCUT2D eigenvalue weighted by Crippen LogP contribution is -2.49. The van der Waals surface area contributed by atoms with E-state index in [2.05, 4.69) is 58.2 Å². The number of rotatable bonds is 11. The van der Waals surface area contributed by atoms with Gasteiger partial charge in [-0.15, -0.1) is 24.5 Å². The first-order valence-electron chi connectivity index (χ1n) is 14.0. The molecule has 2 aliphatic rings. The highest BCUT2D eigenvalue weighted by Gasteiger charge is 2.26. The third-order valence-corrected chi connectivity index (χ3v) is 8.94. The standard InChI is InChI=1S/C31H41N5S/c1-3-17-34(18-4-2)19-20-35-21-23-36(24-22-35)30-29-26-13-9-6-10-14-27(26)37-31(29)33-28(32-30)16-15-25-11-7-5-8-12-25/h3-5,7-8,11-12H,1-2,6,9-10,13-24H2. The average molecular weight is 516 g/mol. The van der Waals surface area contributed by atoms with Crippen LogP contribution in [0.5, 0.6) is 0 Å². The molecule has 2 aromatic heterocycles. The van der Waals surface area contributed by atoms with Crippen molar-refractivity contribution >= 4 is 27.4 Å². The van der Waals surface area contributed by atoms with Crippen LogP contribution in [0.25, 0.3) is 10.2 Å². The molecule has 1 aliphatic heterocycles. The summed E-state index contributed by atoms with van der Waals surface area (Å²) in [4.78, 5) is 20.7. The fraction of sp³-hybridized carbons (Fsp3) is 0.484. The number of nitrogens with zero attached hydrogens (tertiary/aromatic N) is 5. The van der Waals surface area contributed by atoms with Crippen LogP contribution in [0.1, 0.15) is 41.1 Å². The Bertz CT molecular complexity index is 1170. The van der Waals surface area contributed by atoms with Crippen LogP contribution in [0.15, 0.2) is 55.6 Å². The van der Waals surface area contributed by atoms with Gasteiger partial charge in [0.05, 0.1) is 5.39 Å². The Morgan fingerprint density at radius 1 is 0.892 bits per heavy atom. The first kappa shape index (κ1) is 26.1. The SMILES string of the molecule is C=CCN(CC=C)CCN1CCN(c2nc(CCc3ccccc3)nc3sc4c(c23)CCCCC4)CC1. The van der Waals surface area contributed by atoms with Crippen LogP contribution >= 0.6 is 11.3 Å². The van der Waals surface area contributed by atoms with Gasteiger partial charge < -0.3 is 4.90 Å². The van der Waals surface area contributed by atoms with Gasteiger partial charge in [-0.25, -0.2) is 9.97 Å². The van der Waals surface area contributed by atoms with Gasteiger partial charge in [0.25, 0.3) is 0 Å². The van der Waals surface area contributed by atoms with Crippen molar-refractivity contribution in [3.8, 4) is 0 Å². The van der Waals surface area contributed by atoms with Crippen molar-refractivity contribution < 1.29 is 0 Å². The number of hydrogen-bond donors (Lipinski definition) is 0. The maximum atomic E-state index is 5.27. The number of thiophene rings is 1. The van der Waals surface area contributed by atoms with Crippen LogP contribution in [-0.2, 0) is 25.7 Å². The van der Waals surface area contributed by atoms with Crippen LogP contribution < -0.4 is 4.90 Å². The number of piperazine rings is 1. The van der Waals surface area contributed by atoms with Gasteiger partial charge in [0.1, 0.15) is 16.5 Å². The van der Waals surface area contributed by atoms with E-state index < -0.39 is 0 Å². The largest absolute Gasteiger partial charge is 0.353 e. The zero-order valence-corrected chi connectivity index (χ0v) is 23.0. The molecule has 5 nitrogen and oxygen atoms in total. The molecule has 5 rings (SSSR count). The minimum absolute atomic E-state index is 0.887. The average Bonchev–Trinajstić information content (AvgIpc) is 3.11. The van der Waals surface area contributed by atoms with Gasteiger partial charge in [-0.3, -0.25) is 9.80 Å². The van der Waals surface area contributed by atoms with Crippen molar-refractivity contribution in [1.29, 1.82) is 0 Å². The minimum atomic E-state index is 0.887. The first-order chi connectivity index (χ1) is 18.2. The van der Waals surface area contributed by atoms with E-state index in [0.717, 1.165) is 71.0 Å². The molecule has 3 aromatic rings. The summed E-state index contributed by atoms with van der Waals surface area (Å²) in [6.45, 7) is 16.0. The van der Waals surface area contributed by atoms with Gasteiger partial charge >= 0.3 is 0 Å². The molecule has 0 saturated carbocycles. The van der Waals surface area contributed by atoms with E-state index in [-0.39, 0.29) is 0 Å². The predicted molar refractivity (Wildman–Crippen MR) is 158 cm³/mol. The topological polar surface area (TPSA) is 35.5 Å². The molecule has 0 spiro atoms. The summed E-state index contributed by atoms with van der Waals surface area (Å²) in [6, 6.07) is 10.7. The second kappa shape index (κ2) is 12.8. The van der Waals surface area contributed by atoms with Crippen LogP contribution in [0.3, 0.4) is 0 Å². The maximum absolute atomic E-state index is 5.27. The summed E-state index contributed by atoms with van der Waals surface area (Å²) in [5.74, 6) is 2.20. The lowest BCUT2D eigenvalue weighted by atomic mass is 10.1. The summed E-state index contributed by atoms with van der Waals surface area (Å²) in [5.41, 5.74) is 2.90. The van der Waals surface area contributed by atoms with Crippen molar-refractivity contribution in [2.75, 3.05) is 57.3 Å². The van der Waals surface area contributed by atoms with Gasteiger partial charge in [0.2, 0.25) is 0 Å². The Balaban J connectivity index is 1.34. The smallest absolute Gasteiger partial charge is 0.141 e. The first-order valence-corrected chi connectivity index (χ1v) is 14.8. The molecule has 196 valence electrons. The Kier molecular flexibility index (Phi) is 9.03. The van der Waals surface area contributed by atoms with Crippen LogP contribution in [0.2, 0.25) is 0 Å². The molecule has 0 amide bonds. The third kappa shape index (κ3) is 6.49. The van der Waals surface area contributed by atoms with Gasteiger partial charge in [-0.1, -0.05) is 48.9 Å². The molecule has 0 bridgehead atoms. The zero-order chi connectivity index (χ0) is 25.5. The molecule has 37 heavy (non-hydrogen) atoms. The summed E-state index contributed by atoms with van der Waals surface area (Å²) < 4.78 is 0. The van der Waals surface area contributed by atoms with Crippen molar-refractivity contribution in [2.45, 2.75) is 44.9 Å². The Morgan fingerprint density at radius 2 is 1.65 bits per heavy atom. The van der Waals surface area contributed by atoms with E-state index in [9.17, 15) is 0 Å². The minimum Gasteiger partial charge on any atom is -0.353 e. The highest BCUT2D eigenvalue weighted by atomic mass is 32.1. The molecule has 1 saturated heterocycles. The van der Waals surface area contributed by atoms with Crippen LogP contribution in [0, 0.1) is 0 Å². The molecular formula is C31H41N5S. The van der Waals surface area contributed by atoms with E-state index in [0.29, 0.717) is 0 Å². The molecule has 1 fully saturated rings. The Hall–Kier alpha value is -2.54. The molecule has 0 unspecified atom stereocenters. The quantitative estimate of drug-likeness (QED) is 0.247. The lowest BCUT2D eigenvalue weighted by molar-refractivity contribution is 0.214. The predicted octanol–water partition coefficient (Wildman–Crippen LogP) is 5.54. The number of aromatic nitrogens is 2. The number of benzene rings is 1.